The zero-order valence-corrected chi connectivity index (χ0v) is 18.3. The fourth-order valence-electron chi connectivity index (χ4n) is 3.71. The van der Waals surface area contributed by atoms with Crippen LogP contribution in [0.2, 0.25) is 0 Å². The van der Waals surface area contributed by atoms with Gasteiger partial charge in [0, 0.05) is 37.4 Å². The van der Waals surface area contributed by atoms with Gasteiger partial charge in [-0.1, -0.05) is 18.9 Å². The van der Waals surface area contributed by atoms with Crippen LogP contribution in [0.3, 0.4) is 0 Å². The monoisotopic (exact) mass is 418 g/mol. The number of aryl methyl sites for hydroxylation is 4. The number of carbonyl (C=O) groups excluding carboxylic acids is 1. The Hall–Kier alpha value is -2.19. The fraction of sp³-hybridized carbons (Fsp3) is 0.524. The van der Waals surface area contributed by atoms with Crippen molar-refractivity contribution < 1.29 is 13.2 Å². The molecular formula is C21H30N4O3S. The number of nitrogens with one attached hydrogen (secondary N) is 1. The van der Waals surface area contributed by atoms with Gasteiger partial charge in [-0.3, -0.25) is 9.48 Å². The van der Waals surface area contributed by atoms with E-state index in [0.29, 0.717) is 30.9 Å². The lowest BCUT2D eigenvalue weighted by atomic mass is 10.2. The van der Waals surface area contributed by atoms with Crippen molar-refractivity contribution in [3.05, 3.63) is 41.2 Å². The van der Waals surface area contributed by atoms with Gasteiger partial charge >= 0.3 is 0 Å². The molecule has 2 heterocycles. The van der Waals surface area contributed by atoms with E-state index >= 15 is 0 Å². The van der Waals surface area contributed by atoms with Crippen molar-refractivity contribution in [2.45, 2.75) is 64.3 Å². The van der Waals surface area contributed by atoms with Crippen LogP contribution < -0.4 is 5.32 Å². The molecule has 1 aromatic carbocycles. The van der Waals surface area contributed by atoms with E-state index in [4.69, 9.17) is 0 Å². The third-order valence-corrected chi connectivity index (χ3v) is 7.35. The number of sulfonamides is 1. The number of anilines is 1. The summed E-state index contributed by atoms with van der Waals surface area (Å²) < 4.78 is 29.7. The van der Waals surface area contributed by atoms with Crippen LogP contribution in [0, 0.1) is 20.8 Å². The zero-order chi connectivity index (χ0) is 21.0. The van der Waals surface area contributed by atoms with Crippen molar-refractivity contribution in [3.8, 4) is 0 Å². The topological polar surface area (TPSA) is 84.3 Å². The van der Waals surface area contributed by atoms with Gasteiger partial charge in [-0.05, 0) is 57.4 Å². The lowest BCUT2D eigenvalue weighted by Crippen LogP contribution is -2.32. The van der Waals surface area contributed by atoms with Crippen molar-refractivity contribution in [2.75, 3.05) is 18.4 Å². The summed E-state index contributed by atoms with van der Waals surface area (Å²) in [5, 5.41) is 7.19. The van der Waals surface area contributed by atoms with Crippen LogP contribution in [-0.4, -0.2) is 41.5 Å². The minimum absolute atomic E-state index is 0.167. The van der Waals surface area contributed by atoms with Gasteiger partial charge in [0.2, 0.25) is 15.9 Å². The maximum Gasteiger partial charge on any atom is 0.243 e. The van der Waals surface area contributed by atoms with E-state index in [2.05, 4.69) is 10.4 Å². The average molecular weight is 419 g/mol. The molecule has 1 N–H and O–H groups in total. The van der Waals surface area contributed by atoms with Crippen LogP contribution >= 0.6 is 0 Å². The Morgan fingerprint density at radius 1 is 1.07 bits per heavy atom. The molecule has 0 saturated carbocycles. The summed E-state index contributed by atoms with van der Waals surface area (Å²) in [6.07, 6.45) is 4.18. The maximum atomic E-state index is 13.2. The van der Waals surface area contributed by atoms with Crippen LogP contribution in [0.25, 0.3) is 0 Å². The van der Waals surface area contributed by atoms with Gasteiger partial charge in [0.15, 0.2) is 0 Å². The summed E-state index contributed by atoms with van der Waals surface area (Å²) in [5.41, 5.74) is 3.12. The van der Waals surface area contributed by atoms with E-state index < -0.39 is 10.0 Å². The van der Waals surface area contributed by atoms with Gasteiger partial charge in [-0.2, -0.15) is 9.40 Å². The second kappa shape index (κ2) is 9.09. The second-order valence-corrected chi connectivity index (χ2v) is 9.65. The smallest absolute Gasteiger partial charge is 0.243 e. The summed E-state index contributed by atoms with van der Waals surface area (Å²) in [6, 6.07) is 7.05. The Labute approximate surface area is 173 Å². The number of carbonyl (C=O) groups is 1. The first-order valence-electron chi connectivity index (χ1n) is 10.2. The fourth-order valence-corrected chi connectivity index (χ4v) is 5.48. The Morgan fingerprint density at radius 2 is 1.76 bits per heavy atom. The molecule has 1 amide bonds. The van der Waals surface area contributed by atoms with Crippen LogP contribution in [0.1, 0.15) is 49.1 Å². The minimum atomic E-state index is -3.56. The number of benzene rings is 1. The van der Waals surface area contributed by atoms with Gasteiger partial charge in [-0.15, -0.1) is 0 Å². The first-order valence-corrected chi connectivity index (χ1v) is 11.6. The number of nitrogens with zero attached hydrogens (tertiary/aromatic N) is 3. The molecule has 1 fully saturated rings. The Balaban J connectivity index is 1.71. The molecule has 1 aliphatic rings. The van der Waals surface area contributed by atoms with E-state index in [9.17, 15) is 13.2 Å². The predicted octanol–water partition coefficient (Wildman–Crippen LogP) is 3.40. The minimum Gasteiger partial charge on any atom is -0.326 e. The molecule has 3 rings (SSSR count). The normalized spacial score (nSPS) is 15.8. The Morgan fingerprint density at radius 3 is 2.38 bits per heavy atom. The zero-order valence-electron chi connectivity index (χ0n) is 17.4. The molecule has 29 heavy (non-hydrogen) atoms. The molecule has 0 aliphatic carbocycles. The summed E-state index contributed by atoms with van der Waals surface area (Å²) in [7, 11) is -3.56. The van der Waals surface area contributed by atoms with E-state index in [1.165, 1.54) is 0 Å². The van der Waals surface area contributed by atoms with Crippen molar-refractivity contribution in [1.29, 1.82) is 0 Å². The van der Waals surface area contributed by atoms with Gasteiger partial charge in [0.25, 0.3) is 0 Å². The third kappa shape index (κ3) is 5.25. The molecule has 158 valence electrons. The number of hydrogen-bond donors (Lipinski definition) is 1. The number of rotatable bonds is 6. The molecular weight excluding hydrogens is 388 g/mol. The number of amides is 1. The summed E-state index contributed by atoms with van der Waals surface area (Å²) in [6.45, 7) is 7.26. The van der Waals surface area contributed by atoms with Gasteiger partial charge in [0.05, 0.1) is 10.6 Å². The lowest BCUT2D eigenvalue weighted by Gasteiger charge is -2.21. The van der Waals surface area contributed by atoms with Crippen molar-refractivity contribution >= 4 is 21.6 Å². The number of aromatic nitrogens is 2. The molecule has 0 bridgehead atoms. The average Bonchev–Trinajstić information content (AvgIpc) is 2.87. The highest BCUT2D eigenvalue weighted by Crippen LogP contribution is 2.26. The standard InChI is InChI=1S/C21H30N4O3S/c1-16-8-9-19(22-21(26)10-13-25-18(3)14-17(2)23-25)15-20(16)29(27,28)24-11-6-4-5-7-12-24/h8-9,14-15H,4-7,10-13H2,1-3H3,(H,22,26). The third-order valence-electron chi connectivity index (χ3n) is 5.31. The molecule has 0 unspecified atom stereocenters. The van der Waals surface area contributed by atoms with Gasteiger partial charge in [-0.25, -0.2) is 8.42 Å². The van der Waals surface area contributed by atoms with Gasteiger partial charge in [0.1, 0.15) is 0 Å². The van der Waals surface area contributed by atoms with Gasteiger partial charge < -0.3 is 5.32 Å². The summed E-state index contributed by atoms with van der Waals surface area (Å²) in [5.74, 6) is -0.167. The first kappa shape index (κ1) is 21.5. The van der Waals surface area contributed by atoms with E-state index in [1.54, 1.807) is 34.1 Å². The Bertz CT molecular complexity index is 974. The molecule has 1 saturated heterocycles. The highest BCUT2D eigenvalue weighted by atomic mass is 32.2. The molecule has 7 nitrogen and oxygen atoms in total. The quantitative estimate of drug-likeness (QED) is 0.779. The van der Waals surface area contributed by atoms with Crippen LogP contribution in [-0.2, 0) is 21.4 Å². The van der Waals surface area contributed by atoms with E-state index in [0.717, 1.165) is 37.1 Å². The predicted molar refractivity (Wildman–Crippen MR) is 113 cm³/mol. The first-order chi connectivity index (χ1) is 13.8. The highest BCUT2D eigenvalue weighted by Gasteiger charge is 2.27. The molecule has 0 atom stereocenters. The SMILES string of the molecule is Cc1cc(C)n(CCC(=O)Nc2ccc(C)c(S(=O)(=O)N3CCCCCC3)c2)n1. The number of hydrogen-bond acceptors (Lipinski definition) is 4. The molecule has 2 aromatic rings. The Kier molecular flexibility index (Phi) is 6.74. The molecule has 8 heteroatoms. The van der Waals surface area contributed by atoms with Crippen LogP contribution in [0.15, 0.2) is 29.2 Å². The van der Waals surface area contributed by atoms with Crippen LogP contribution in [0.4, 0.5) is 5.69 Å². The molecule has 1 aliphatic heterocycles. The highest BCUT2D eigenvalue weighted by molar-refractivity contribution is 7.89. The largest absolute Gasteiger partial charge is 0.326 e. The van der Waals surface area contributed by atoms with Crippen LogP contribution in [0.5, 0.6) is 0 Å². The van der Waals surface area contributed by atoms with Crippen molar-refractivity contribution in [1.82, 2.24) is 14.1 Å². The van der Waals surface area contributed by atoms with Crippen molar-refractivity contribution in [2.24, 2.45) is 0 Å². The molecule has 0 spiro atoms. The lowest BCUT2D eigenvalue weighted by molar-refractivity contribution is -0.116. The second-order valence-electron chi connectivity index (χ2n) is 7.75. The summed E-state index contributed by atoms with van der Waals surface area (Å²) >= 11 is 0. The van der Waals surface area contributed by atoms with E-state index in [-0.39, 0.29) is 17.2 Å². The maximum absolute atomic E-state index is 13.2. The molecule has 1 aromatic heterocycles. The summed E-state index contributed by atoms with van der Waals surface area (Å²) in [4.78, 5) is 12.7. The van der Waals surface area contributed by atoms with Crippen molar-refractivity contribution in [3.63, 3.8) is 0 Å². The molecule has 0 radical (unpaired) electrons. The van der Waals surface area contributed by atoms with E-state index in [1.807, 2.05) is 19.9 Å².